The molecule has 1 nitrogen and oxygen atoms in total. The monoisotopic (exact) mass is 330 g/mol. The minimum Gasteiger partial charge on any atom is -0.494 e. The lowest BCUT2D eigenvalue weighted by Crippen LogP contribution is -2.33. The molecular weight excluding hydrogens is 292 g/mol. The van der Waals surface area contributed by atoms with Gasteiger partial charge >= 0.3 is 0 Å². The van der Waals surface area contributed by atoms with Gasteiger partial charge < -0.3 is 4.74 Å². The fraction of sp³-hybridized carbons (Fsp3) is 0.652. The molecule has 2 aliphatic carbocycles. The average Bonchev–Trinajstić information content (AvgIpc) is 2.97. The molecular formula is C23H38O. The van der Waals surface area contributed by atoms with E-state index < -0.39 is 0 Å². The van der Waals surface area contributed by atoms with Crippen molar-refractivity contribution in [3.8, 4) is 5.75 Å². The summed E-state index contributed by atoms with van der Waals surface area (Å²) in [6, 6.07) is 10.2. The van der Waals surface area contributed by atoms with E-state index in [4.69, 9.17) is 4.74 Å². The maximum absolute atomic E-state index is 5.90. The molecule has 0 spiro atoms. The van der Waals surface area contributed by atoms with E-state index in [1.165, 1.54) is 44.1 Å². The van der Waals surface area contributed by atoms with E-state index in [0.29, 0.717) is 5.41 Å². The molecule has 0 amide bonds. The zero-order valence-electron chi connectivity index (χ0n) is 16.6. The van der Waals surface area contributed by atoms with Gasteiger partial charge in [0.15, 0.2) is 0 Å². The first-order valence-electron chi connectivity index (χ1n) is 10.1. The van der Waals surface area contributed by atoms with Crippen LogP contribution in [0.3, 0.4) is 0 Å². The first-order valence-corrected chi connectivity index (χ1v) is 10.1. The van der Waals surface area contributed by atoms with Crippen molar-refractivity contribution < 1.29 is 4.74 Å². The standard InChI is InChI=1S/C19H26O.2C2H6/c1-15-7-6-13-19(2)16(10-11-18(15)19)12-14-20-17-8-4-3-5-9-17;2*1-2/h3-5,8-9,16,18H,1,6-7,10-14H2,2H3;2*1-2H3/t16?,18?,19-;;/m1../s1. The fourth-order valence-electron chi connectivity index (χ4n) is 4.54. The Kier molecular flexibility index (Phi) is 9.18. The summed E-state index contributed by atoms with van der Waals surface area (Å²) in [7, 11) is 0. The summed E-state index contributed by atoms with van der Waals surface area (Å²) in [5.74, 6) is 2.59. The predicted molar refractivity (Wildman–Crippen MR) is 107 cm³/mol. The van der Waals surface area contributed by atoms with Gasteiger partial charge in [0.2, 0.25) is 0 Å². The fourth-order valence-corrected chi connectivity index (χ4v) is 4.54. The van der Waals surface area contributed by atoms with Gasteiger partial charge in [0, 0.05) is 0 Å². The van der Waals surface area contributed by atoms with Crippen molar-refractivity contribution in [1.82, 2.24) is 0 Å². The third-order valence-electron chi connectivity index (χ3n) is 5.72. The highest BCUT2D eigenvalue weighted by atomic mass is 16.5. The van der Waals surface area contributed by atoms with Crippen LogP contribution in [-0.4, -0.2) is 6.61 Å². The Bertz CT molecular complexity index is 464. The molecule has 2 fully saturated rings. The molecule has 0 aromatic heterocycles. The second-order valence-electron chi connectivity index (χ2n) is 6.79. The first-order chi connectivity index (χ1) is 11.7. The maximum Gasteiger partial charge on any atom is 0.119 e. The predicted octanol–water partition coefficient (Wildman–Crippen LogP) is 7.28. The molecule has 0 heterocycles. The Morgan fingerprint density at radius 1 is 1.08 bits per heavy atom. The topological polar surface area (TPSA) is 9.23 Å². The third-order valence-corrected chi connectivity index (χ3v) is 5.72. The molecule has 2 aliphatic rings. The number of fused-ring (bicyclic) bond motifs is 1. The smallest absolute Gasteiger partial charge is 0.119 e. The van der Waals surface area contributed by atoms with E-state index >= 15 is 0 Å². The minimum absolute atomic E-state index is 0.495. The molecule has 136 valence electrons. The molecule has 0 radical (unpaired) electrons. The Balaban J connectivity index is 0.000000671. The van der Waals surface area contributed by atoms with E-state index in [9.17, 15) is 0 Å². The number of allylic oxidation sites excluding steroid dienone is 1. The van der Waals surface area contributed by atoms with Crippen LogP contribution in [0.2, 0.25) is 0 Å². The first kappa shape index (κ1) is 20.8. The highest BCUT2D eigenvalue weighted by molar-refractivity contribution is 5.21. The van der Waals surface area contributed by atoms with Crippen molar-refractivity contribution in [2.45, 2.75) is 73.1 Å². The summed E-state index contributed by atoms with van der Waals surface area (Å²) in [6.45, 7) is 15.7. The Morgan fingerprint density at radius 3 is 2.42 bits per heavy atom. The molecule has 3 rings (SSSR count). The Labute approximate surface area is 150 Å². The highest BCUT2D eigenvalue weighted by Crippen LogP contribution is 2.57. The molecule has 1 heteroatoms. The van der Waals surface area contributed by atoms with Crippen LogP contribution >= 0.6 is 0 Å². The molecule has 1 aromatic carbocycles. The second-order valence-corrected chi connectivity index (χ2v) is 6.79. The lowest BCUT2D eigenvalue weighted by molar-refractivity contribution is 0.115. The van der Waals surface area contributed by atoms with Crippen molar-refractivity contribution in [2.24, 2.45) is 17.3 Å². The largest absolute Gasteiger partial charge is 0.494 e. The van der Waals surface area contributed by atoms with Crippen LogP contribution in [0.5, 0.6) is 5.75 Å². The van der Waals surface area contributed by atoms with E-state index in [0.717, 1.165) is 24.2 Å². The van der Waals surface area contributed by atoms with Crippen molar-refractivity contribution in [3.05, 3.63) is 42.5 Å². The van der Waals surface area contributed by atoms with Gasteiger partial charge in [0.25, 0.3) is 0 Å². The van der Waals surface area contributed by atoms with Crippen LogP contribution in [-0.2, 0) is 0 Å². The second kappa shape index (κ2) is 10.6. The zero-order chi connectivity index (χ0) is 18.0. The normalized spacial score (nSPS) is 28.0. The molecule has 3 atom stereocenters. The number of hydrogen-bond acceptors (Lipinski definition) is 1. The summed E-state index contributed by atoms with van der Waals surface area (Å²) < 4.78 is 5.90. The van der Waals surface area contributed by atoms with Crippen LogP contribution in [0.25, 0.3) is 0 Å². The van der Waals surface area contributed by atoms with Crippen molar-refractivity contribution in [1.29, 1.82) is 0 Å². The number of rotatable bonds is 4. The zero-order valence-corrected chi connectivity index (χ0v) is 16.6. The van der Waals surface area contributed by atoms with Crippen LogP contribution in [0, 0.1) is 17.3 Å². The summed E-state index contributed by atoms with van der Waals surface area (Å²) in [4.78, 5) is 0. The van der Waals surface area contributed by atoms with Crippen molar-refractivity contribution in [3.63, 3.8) is 0 Å². The quantitative estimate of drug-likeness (QED) is 0.527. The number of ether oxygens (including phenoxy) is 1. The van der Waals surface area contributed by atoms with Crippen molar-refractivity contribution in [2.75, 3.05) is 6.61 Å². The van der Waals surface area contributed by atoms with E-state index in [-0.39, 0.29) is 0 Å². The highest BCUT2D eigenvalue weighted by Gasteiger charge is 2.48. The summed E-state index contributed by atoms with van der Waals surface area (Å²) in [5.41, 5.74) is 2.01. The number of hydrogen-bond donors (Lipinski definition) is 0. The van der Waals surface area contributed by atoms with Crippen LogP contribution in [0.1, 0.15) is 73.1 Å². The third kappa shape index (κ3) is 4.88. The SMILES string of the molecule is C=C1CCC[C@]2(C)C(CCOc3ccccc3)CCC12.CC.CC. The molecule has 24 heavy (non-hydrogen) atoms. The van der Waals surface area contributed by atoms with Gasteiger partial charge in [-0.05, 0) is 67.9 Å². The van der Waals surface area contributed by atoms with E-state index in [2.05, 4.69) is 13.5 Å². The molecule has 0 aliphatic heterocycles. The number of benzene rings is 1. The number of para-hydroxylation sites is 1. The lowest BCUT2D eigenvalue weighted by atomic mass is 9.63. The van der Waals surface area contributed by atoms with Crippen LogP contribution in [0.4, 0.5) is 0 Å². The van der Waals surface area contributed by atoms with Gasteiger partial charge in [0.1, 0.15) is 5.75 Å². The van der Waals surface area contributed by atoms with Gasteiger partial charge in [-0.1, -0.05) is 65.0 Å². The Hall–Kier alpha value is -1.24. The minimum atomic E-state index is 0.495. The van der Waals surface area contributed by atoms with Crippen LogP contribution < -0.4 is 4.74 Å². The van der Waals surface area contributed by atoms with Crippen LogP contribution in [0.15, 0.2) is 42.5 Å². The summed E-state index contributed by atoms with van der Waals surface area (Å²) in [5, 5.41) is 0. The molecule has 0 saturated heterocycles. The van der Waals surface area contributed by atoms with Gasteiger partial charge in [-0.15, -0.1) is 0 Å². The van der Waals surface area contributed by atoms with Gasteiger partial charge in [0.05, 0.1) is 6.61 Å². The van der Waals surface area contributed by atoms with Gasteiger partial charge in [-0.2, -0.15) is 0 Å². The lowest BCUT2D eigenvalue weighted by Gasteiger charge is -2.42. The van der Waals surface area contributed by atoms with Gasteiger partial charge in [-0.25, -0.2) is 0 Å². The Morgan fingerprint density at radius 2 is 1.75 bits per heavy atom. The van der Waals surface area contributed by atoms with Gasteiger partial charge in [-0.3, -0.25) is 0 Å². The molecule has 2 saturated carbocycles. The maximum atomic E-state index is 5.90. The molecule has 0 N–H and O–H groups in total. The van der Waals surface area contributed by atoms with E-state index in [1.807, 2.05) is 58.0 Å². The molecule has 2 unspecified atom stereocenters. The molecule has 1 aromatic rings. The molecule has 0 bridgehead atoms. The summed E-state index contributed by atoms with van der Waals surface area (Å²) in [6.07, 6.45) is 7.88. The summed E-state index contributed by atoms with van der Waals surface area (Å²) >= 11 is 0. The van der Waals surface area contributed by atoms with E-state index in [1.54, 1.807) is 0 Å². The van der Waals surface area contributed by atoms with Crippen molar-refractivity contribution >= 4 is 0 Å². The average molecular weight is 331 g/mol.